The molecule has 2 aliphatic heterocycles. The summed E-state index contributed by atoms with van der Waals surface area (Å²) in [5.74, 6) is 0.255. The van der Waals surface area contributed by atoms with E-state index >= 15 is 0 Å². The summed E-state index contributed by atoms with van der Waals surface area (Å²) in [4.78, 5) is 39.7. The smallest absolute Gasteiger partial charge is 0.291 e. The molecule has 0 aromatic heterocycles. The zero-order valence-corrected chi connectivity index (χ0v) is 18.7. The molecule has 4 rings (SSSR count). The number of methoxy groups -OCH3 is 1. The monoisotopic (exact) mass is 449 g/mol. The summed E-state index contributed by atoms with van der Waals surface area (Å²) >= 11 is 0. The van der Waals surface area contributed by atoms with E-state index in [2.05, 4.69) is 10.6 Å². The number of carbonyl (C=O) groups excluding carboxylic acids is 3. The van der Waals surface area contributed by atoms with Crippen molar-refractivity contribution >= 4 is 29.5 Å². The van der Waals surface area contributed by atoms with E-state index in [0.717, 1.165) is 32.4 Å². The number of amides is 3. The molecule has 1 unspecified atom stereocenters. The van der Waals surface area contributed by atoms with Crippen molar-refractivity contribution in [1.82, 2.24) is 10.2 Å². The Kier molecular flexibility index (Phi) is 6.63. The molecule has 172 valence electrons. The average molecular weight is 450 g/mol. The van der Waals surface area contributed by atoms with Crippen LogP contribution in [-0.4, -0.2) is 48.9 Å². The van der Waals surface area contributed by atoms with Crippen molar-refractivity contribution in [2.75, 3.05) is 25.5 Å². The molecular formula is C25H27N3O5. The van der Waals surface area contributed by atoms with E-state index in [-0.39, 0.29) is 17.6 Å². The average Bonchev–Trinajstić information content (AvgIpc) is 2.84. The van der Waals surface area contributed by atoms with E-state index in [9.17, 15) is 14.4 Å². The molecule has 0 aliphatic carbocycles. The van der Waals surface area contributed by atoms with Crippen molar-refractivity contribution in [2.45, 2.75) is 32.2 Å². The maximum atomic E-state index is 12.7. The van der Waals surface area contributed by atoms with Crippen LogP contribution in [0, 0.1) is 0 Å². The number of piperidine rings is 1. The Morgan fingerprint density at radius 3 is 2.67 bits per heavy atom. The van der Waals surface area contributed by atoms with Gasteiger partial charge in [0.25, 0.3) is 11.8 Å². The predicted molar refractivity (Wildman–Crippen MR) is 124 cm³/mol. The van der Waals surface area contributed by atoms with E-state index in [1.807, 2.05) is 18.2 Å². The largest absolute Gasteiger partial charge is 0.496 e. The lowest BCUT2D eigenvalue weighted by Gasteiger charge is -2.29. The topological polar surface area (TPSA) is 97.0 Å². The molecule has 0 saturated carbocycles. The maximum absolute atomic E-state index is 12.7. The van der Waals surface area contributed by atoms with E-state index in [4.69, 9.17) is 9.47 Å². The Labute approximate surface area is 192 Å². The molecule has 8 nitrogen and oxygen atoms in total. The number of nitrogens with zero attached hydrogens (tertiary/aromatic N) is 1. The van der Waals surface area contributed by atoms with Crippen molar-refractivity contribution in [3.8, 4) is 11.5 Å². The fraction of sp³-hybridized carbons (Fsp3) is 0.320. The second-order valence-electron chi connectivity index (χ2n) is 8.10. The van der Waals surface area contributed by atoms with Crippen LogP contribution < -0.4 is 20.1 Å². The van der Waals surface area contributed by atoms with E-state index in [0.29, 0.717) is 28.3 Å². The number of nitrogens with one attached hydrogen (secondary N) is 2. The molecule has 2 aliphatic rings. The van der Waals surface area contributed by atoms with Crippen molar-refractivity contribution in [3.05, 3.63) is 59.4 Å². The van der Waals surface area contributed by atoms with Gasteiger partial charge in [-0.15, -0.1) is 0 Å². The van der Waals surface area contributed by atoms with Crippen LogP contribution in [0.2, 0.25) is 0 Å². The van der Waals surface area contributed by atoms with Gasteiger partial charge in [-0.1, -0.05) is 18.2 Å². The van der Waals surface area contributed by atoms with Crippen LogP contribution >= 0.6 is 0 Å². The molecule has 1 atom stereocenters. The maximum Gasteiger partial charge on any atom is 0.291 e. The van der Waals surface area contributed by atoms with Crippen LogP contribution in [0.15, 0.2) is 48.2 Å². The van der Waals surface area contributed by atoms with Crippen LogP contribution in [0.4, 0.5) is 5.69 Å². The van der Waals surface area contributed by atoms with E-state index < -0.39 is 11.9 Å². The lowest BCUT2D eigenvalue weighted by Crippen LogP contribution is -2.48. The third kappa shape index (κ3) is 5.00. The number of fused-ring (bicyclic) bond motifs is 1. The zero-order valence-electron chi connectivity index (χ0n) is 18.7. The van der Waals surface area contributed by atoms with Gasteiger partial charge in [-0.2, -0.15) is 0 Å². The normalized spacial score (nSPS) is 17.5. The second-order valence-corrected chi connectivity index (χ2v) is 8.10. The Balaban J connectivity index is 1.46. The standard InChI is InChI=1S/C25H27N3O5/c1-16(25(31)28-12-6-3-7-13-28)26-23(29)18-10-11-21-19(14-18)27-24(30)22(33-21)15-17-8-4-5-9-20(17)32-2/h4-5,8-11,14-16H,3,6-7,12-13H2,1-2H3,(H,26,29)(H,27,30). The summed E-state index contributed by atoms with van der Waals surface area (Å²) < 4.78 is 11.1. The van der Waals surface area contributed by atoms with Gasteiger partial charge in [-0.25, -0.2) is 0 Å². The van der Waals surface area contributed by atoms with E-state index in [1.165, 1.54) is 0 Å². The van der Waals surface area contributed by atoms with Crippen molar-refractivity contribution in [2.24, 2.45) is 0 Å². The number of hydrogen-bond acceptors (Lipinski definition) is 5. The summed E-state index contributed by atoms with van der Waals surface area (Å²) in [6, 6.07) is 11.4. The number of para-hydroxylation sites is 1. The molecule has 2 aromatic rings. The molecule has 2 heterocycles. The van der Waals surface area contributed by atoms with Crippen LogP contribution in [0.3, 0.4) is 0 Å². The number of likely N-dealkylation sites (tertiary alicyclic amines) is 1. The molecular weight excluding hydrogens is 422 g/mol. The highest BCUT2D eigenvalue weighted by atomic mass is 16.5. The van der Waals surface area contributed by atoms with Gasteiger partial charge in [0.05, 0.1) is 12.8 Å². The summed E-state index contributed by atoms with van der Waals surface area (Å²) in [6.45, 7) is 3.14. The first kappa shape index (κ1) is 22.4. The Morgan fingerprint density at radius 2 is 1.91 bits per heavy atom. The summed E-state index contributed by atoms with van der Waals surface area (Å²) in [7, 11) is 1.56. The Morgan fingerprint density at radius 1 is 1.15 bits per heavy atom. The van der Waals surface area contributed by atoms with Gasteiger partial charge in [-0.05, 0) is 56.5 Å². The summed E-state index contributed by atoms with van der Waals surface area (Å²) in [5.41, 5.74) is 1.42. The molecule has 8 heteroatoms. The molecule has 1 fully saturated rings. The summed E-state index contributed by atoms with van der Waals surface area (Å²) in [5, 5.41) is 5.52. The first-order valence-corrected chi connectivity index (χ1v) is 11.0. The van der Waals surface area contributed by atoms with Crippen LogP contribution in [-0.2, 0) is 9.59 Å². The molecule has 2 N–H and O–H groups in total. The van der Waals surface area contributed by atoms with Crippen molar-refractivity contribution in [1.29, 1.82) is 0 Å². The molecule has 1 saturated heterocycles. The predicted octanol–water partition coefficient (Wildman–Crippen LogP) is 3.20. The quantitative estimate of drug-likeness (QED) is 0.684. The minimum Gasteiger partial charge on any atom is -0.496 e. The first-order valence-electron chi connectivity index (χ1n) is 11.0. The SMILES string of the molecule is COc1ccccc1C=C1Oc2ccc(C(=O)NC(C)C(=O)N3CCCCC3)cc2NC1=O. The third-order valence-corrected chi connectivity index (χ3v) is 5.74. The third-order valence-electron chi connectivity index (χ3n) is 5.74. The van der Waals surface area contributed by atoms with Crippen LogP contribution in [0.1, 0.15) is 42.1 Å². The molecule has 0 spiro atoms. The molecule has 3 amide bonds. The highest BCUT2D eigenvalue weighted by Crippen LogP contribution is 2.33. The molecule has 2 aromatic carbocycles. The van der Waals surface area contributed by atoms with Gasteiger partial charge in [0.1, 0.15) is 11.8 Å². The van der Waals surface area contributed by atoms with Crippen molar-refractivity contribution < 1.29 is 23.9 Å². The van der Waals surface area contributed by atoms with Crippen LogP contribution in [0.25, 0.3) is 6.08 Å². The molecule has 0 bridgehead atoms. The summed E-state index contributed by atoms with van der Waals surface area (Å²) in [6.07, 6.45) is 4.71. The molecule has 0 radical (unpaired) electrons. The fourth-order valence-corrected chi connectivity index (χ4v) is 3.96. The first-order chi connectivity index (χ1) is 16.0. The number of carbonyl (C=O) groups is 3. The number of benzene rings is 2. The highest BCUT2D eigenvalue weighted by Gasteiger charge is 2.26. The second kappa shape index (κ2) is 9.77. The van der Waals surface area contributed by atoms with Gasteiger partial charge in [-0.3, -0.25) is 14.4 Å². The number of rotatable bonds is 5. The zero-order chi connectivity index (χ0) is 23.4. The molecule has 33 heavy (non-hydrogen) atoms. The minimum atomic E-state index is -0.632. The number of ether oxygens (including phenoxy) is 2. The van der Waals surface area contributed by atoms with Gasteiger partial charge < -0.3 is 25.0 Å². The number of anilines is 1. The lowest BCUT2D eigenvalue weighted by atomic mass is 10.1. The van der Waals surface area contributed by atoms with Crippen molar-refractivity contribution in [3.63, 3.8) is 0 Å². The van der Waals surface area contributed by atoms with Gasteiger partial charge in [0.15, 0.2) is 11.5 Å². The fourth-order valence-electron chi connectivity index (χ4n) is 3.96. The number of hydrogen-bond donors (Lipinski definition) is 2. The Bertz CT molecular complexity index is 1100. The highest BCUT2D eigenvalue weighted by molar-refractivity contribution is 6.09. The van der Waals surface area contributed by atoms with Gasteiger partial charge in [0, 0.05) is 24.2 Å². The van der Waals surface area contributed by atoms with Gasteiger partial charge in [0.2, 0.25) is 5.91 Å². The van der Waals surface area contributed by atoms with E-state index in [1.54, 1.807) is 49.3 Å². The Hall–Kier alpha value is -3.81. The van der Waals surface area contributed by atoms with Gasteiger partial charge >= 0.3 is 0 Å². The van der Waals surface area contributed by atoms with Crippen LogP contribution in [0.5, 0.6) is 11.5 Å². The lowest BCUT2D eigenvalue weighted by molar-refractivity contribution is -0.133. The minimum absolute atomic E-state index is 0.0798.